The standard InChI is InChI=1S/C24H19F5N4O4/c1-32-12-30-31-19(32)8-22(10-37-11-22)13-3-2-4-15(5-13)33-9-17-16(20(33)34)6-14(23(25,26)21(35)36)7-18(17)24(27,28)29/h2-7,12H,8-11H2,1H3,(H,35,36). The Morgan fingerprint density at radius 1 is 1.16 bits per heavy atom. The fraction of sp³-hybridized carbons (Fsp3) is 0.333. The molecule has 1 N–H and O–H groups in total. The molecule has 0 atom stereocenters. The lowest BCUT2D eigenvalue weighted by molar-refractivity contribution is -0.166. The van der Waals surface area contributed by atoms with Gasteiger partial charge in [0, 0.05) is 35.7 Å². The predicted molar refractivity (Wildman–Crippen MR) is 117 cm³/mol. The summed E-state index contributed by atoms with van der Waals surface area (Å²) in [5.41, 5.74) is -3.46. The van der Waals surface area contributed by atoms with Crippen molar-refractivity contribution >= 4 is 17.6 Å². The van der Waals surface area contributed by atoms with Gasteiger partial charge in [0.1, 0.15) is 12.2 Å². The number of carboxylic acid groups (broad SMARTS) is 1. The quantitative estimate of drug-likeness (QED) is 0.497. The van der Waals surface area contributed by atoms with Gasteiger partial charge >= 0.3 is 18.1 Å². The number of anilines is 1. The van der Waals surface area contributed by atoms with E-state index < -0.39 is 58.2 Å². The number of amides is 1. The first-order valence-electron chi connectivity index (χ1n) is 11.0. The van der Waals surface area contributed by atoms with Crippen LogP contribution in [-0.4, -0.2) is 45.0 Å². The maximum Gasteiger partial charge on any atom is 0.416 e. The van der Waals surface area contributed by atoms with Crippen LogP contribution in [-0.2, 0) is 47.1 Å². The highest BCUT2D eigenvalue weighted by molar-refractivity contribution is 6.10. The van der Waals surface area contributed by atoms with Gasteiger partial charge in [-0.1, -0.05) is 12.1 Å². The van der Waals surface area contributed by atoms with Gasteiger partial charge in [0.05, 0.1) is 25.3 Å². The molecule has 5 rings (SSSR count). The topological polar surface area (TPSA) is 97.5 Å². The van der Waals surface area contributed by atoms with Crippen LogP contribution in [0, 0.1) is 0 Å². The van der Waals surface area contributed by atoms with Crippen molar-refractivity contribution in [2.45, 2.75) is 30.5 Å². The van der Waals surface area contributed by atoms with E-state index in [1.807, 2.05) is 6.07 Å². The molecule has 3 aromatic rings. The summed E-state index contributed by atoms with van der Waals surface area (Å²) in [6.45, 7) is 0.185. The van der Waals surface area contributed by atoms with E-state index in [9.17, 15) is 31.5 Å². The summed E-state index contributed by atoms with van der Waals surface area (Å²) in [5, 5.41) is 16.8. The Bertz CT molecular complexity index is 1410. The lowest BCUT2D eigenvalue weighted by Gasteiger charge is -2.42. The molecule has 13 heteroatoms. The van der Waals surface area contributed by atoms with Crippen molar-refractivity contribution in [3.05, 3.63) is 76.4 Å². The molecule has 0 aliphatic carbocycles. The van der Waals surface area contributed by atoms with E-state index in [0.717, 1.165) is 10.5 Å². The summed E-state index contributed by atoms with van der Waals surface area (Å²) in [4.78, 5) is 25.3. The fourth-order valence-electron chi connectivity index (χ4n) is 4.67. The van der Waals surface area contributed by atoms with Gasteiger partial charge in [-0.3, -0.25) is 4.79 Å². The lowest BCUT2D eigenvalue weighted by atomic mass is 9.75. The van der Waals surface area contributed by atoms with Crippen LogP contribution in [0.5, 0.6) is 0 Å². The molecule has 37 heavy (non-hydrogen) atoms. The van der Waals surface area contributed by atoms with Crippen molar-refractivity contribution in [3.63, 3.8) is 0 Å². The van der Waals surface area contributed by atoms with E-state index in [0.29, 0.717) is 31.5 Å². The maximum absolute atomic E-state index is 14.2. The van der Waals surface area contributed by atoms with Crippen LogP contribution in [0.25, 0.3) is 0 Å². The summed E-state index contributed by atoms with van der Waals surface area (Å²) in [6.07, 6.45) is -3.07. The first kappa shape index (κ1) is 24.8. The van der Waals surface area contributed by atoms with Crippen LogP contribution in [0.3, 0.4) is 0 Å². The van der Waals surface area contributed by atoms with Gasteiger partial charge in [-0.05, 0) is 35.4 Å². The average molecular weight is 522 g/mol. The molecule has 0 bridgehead atoms. The number of fused-ring (bicyclic) bond motifs is 1. The number of aliphatic carboxylic acids is 1. The molecular weight excluding hydrogens is 503 g/mol. The Balaban J connectivity index is 1.54. The van der Waals surface area contributed by atoms with E-state index in [-0.39, 0.29) is 11.8 Å². The average Bonchev–Trinajstić information content (AvgIpc) is 3.37. The third-order valence-electron chi connectivity index (χ3n) is 6.81. The van der Waals surface area contributed by atoms with Crippen LogP contribution in [0.2, 0.25) is 0 Å². The van der Waals surface area contributed by atoms with Crippen molar-refractivity contribution in [1.82, 2.24) is 14.8 Å². The highest BCUT2D eigenvalue weighted by Crippen LogP contribution is 2.43. The zero-order valence-electron chi connectivity index (χ0n) is 19.2. The van der Waals surface area contributed by atoms with E-state index >= 15 is 0 Å². The second-order valence-corrected chi connectivity index (χ2v) is 9.18. The molecule has 0 saturated carbocycles. The van der Waals surface area contributed by atoms with Crippen molar-refractivity contribution in [2.75, 3.05) is 18.1 Å². The number of ether oxygens (including phenoxy) is 1. The number of hydrogen-bond acceptors (Lipinski definition) is 5. The molecule has 0 unspecified atom stereocenters. The minimum Gasteiger partial charge on any atom is -0.477 e. The summed E-state index contributed by atoms with van der Waals surface area (Å²) in [6, 6.07) is 7.27. The Kier molecular flexibility index (Phi) is 5.59. The number of rotatable bonds is 6. The number of aromatic nitrogens is 3. The lowest BCUT2D eigenvalue weighted by Crippen LogP contribution is -2.49. The second-order valence-electron chi connectivity index (χ2n) is 9.18. The molecule has 194 valence electrons. The number of alkyl halides is 5. The molecule has 1 aromatic heterocycles. The van der Waals surface area contributed by atoms with Gasteiger partial charge < -0.3 is 19.3 Å². The van der Waals surface area contributed by atoms with E-state index in [2.05, 4.69) is 10.2 Å². The molecular formula is C24H19F5N4O4. The largest absolute Gasteiger partial charge is 0.477 e. The van der Waals surface area contributed by atoms with Crippen molar-refractivity contribution < 1.29 is 41.4 Å². The number of carboxylic acids is 1. The number of aryl methyl sites for hydroxylation is 1. The molecule has 0 spiro atoms. The second kappa shape index (κ2) is 8.33. The molecule has 1 saturated heterocycles. The van der Waals surface area contributed by atoms with Gasteiger partial charge in [-0.15, -0.1) is 10.2 Å². The molecule has 2 aliphatic rings. The third kappa shape index (κ3) is 4.02. The van der Waals surface area contributed by atoms with Gasteiger partial charge in [0.2, 0.25) is 0 Å². The number of benzene rings is 2. The number of nitrogens with zero attached hydrogens (tertiary/aromatic N) is 4. The van der Waals surface area contributed by atoms with E-state index in [1.54, 1.807) is 30.1 Å². The molecule has 2 aromatic carbocycles. The number of carbonyl (C=O) groups excluding carboxylic acids is 1. The first-order valence-corrected chi connectivity index (χ1v) is 11.0. The molecule has 1 amide bonds. The fourth-order valence-corrected chi connectivity index (χ4v) is 4.67. The zero-order valence-corrected chi connectivity index (χ0v) is 19.2. The maximum atomic E-state index is 14.2. The van der Waals surface area contributed by atoms with Crippen LogP contribution < -0.4 is 4.90 Å². The van der Waals surface area contributed by atoms with Gasteiger partial charge in [0.15, 0.2) is 0 Å². The third-order valence-corrected chi connectivity index (χ3v) is 6.81. The van der Waals surface area contributed by atoms with E-state index in [1.165, 1.54) is 6.07 Å². The molecule has 0 radical (unpaired) electrons. The molecule has 8 nitrogen and oxygen atoms in total. The zero-order chi connectivity index (χ0) is 26.8. The first-order chi connectivity index (χ1) is 17.3. The summed E-state index contributed by atoms with van der Waals surface area (Å²) >= 11 is 0. The van der Waals surface area contributed by atoms with Gasteiger partial charge in [0.25, 0.3) is 5.91 Å². The van der Waals surface area contributed by atoms with Crippen LogP contribution in [0.4, 0.5) is 27.6 Å². The van der Waals surface area contributed by atoms with Crippen LogP contribution >= 0.6 is 0 Å². The highest BCUT2D eigenvalue weighted by atomic mass is 19.4. The molecule has 2 aliphatic heterocycles. The number of hydrogen-bond donors (Lipinski definition) is 1. The number of halogens is 5. The molecule has 3 heterocycles. The number of carbonyl (C=O) groups is 2. The Labute approximate surface area is 206 Å². The summed E-state index contributed by atoms with van der Waals surface area (Å²) in [7, 11) is 1.79. The Morgan fingerprint density at radius 3 is 2.46 bits per heavy atom. The Hall–Kier alpha value is -3.87. The van der Waals surface area contributed by atoms with Crippen molar-refractivity contribution in [2.24, 2.45) is 7.05 Å². The Morgan fingerprint density at radius 2 is 1.89 bits per heavy atom. The minimum atomic E-state index is -5.09. The van der Waals surface area contributed by atoms with E-state index in [4.69, 9.17) is 9.84 Å². The molecule has 1 fully saturated rings. The van der Waals surface area contributed by atoms with Crippen LogP contribution in [0.15, 0.2) is 42.7 Å². The smallest absolute Gasteiger partial charge is 0.416 e. The highest BCUT2D eigenvalue weighted by Gasteiger charge is 2.47. The van der Waals surface area contributed by atoms with Gasteiger partial charge in [-0.2, -0.15) is 22.0 Å². The predicted octanol–water partition coefficient (Wildman–Crippen LogP) is 3.68. The summed E-state index contributed by atoms with van der Waals surface area (Å²) in [5.74, 6) is -7.47. The van der Waals surface area contributed by atoms with Gasteiger partial charge in [-0.25, -0.2) is 4.79 Å². The minimum absolute atomic E-state index is 0.0990. The van der Waals surface area contributed by atoms with Crippen molar-refractivity contribution in [1.29, 1.82) is 0 Å². The monoisotopic (exact) mass is 522 g/mol. The van der Waals surface area contributed by atoms with Crippen LogP contribution in [0.1, 0.15) is 38.4 Å². The SMILES string of the molecule is Cn1cnnc1CC1(c2cccc(N3Cc4c(cc(C(F)(F)C(=O)O)cc4C(F)(F)F)C3=O)c2)COC1. The van der Waals surface area contributed by atoms with Crippen molar-refractivity contribution in [3.8, 4) is 0 Å². The summed E-state index contributed by atoms with van der Waals surface area (Å²) < 4.78 is 77.0. The normalized spacial score (nSPS) is 17.0.